The Morgan fingerprint density at radius 1 is 1.08 bits per heavy atom. The highest BCUT2D eigenvalue weighted by atomic mass is 16.5. The van der Waals surface area contributed by atoms with Gasteiger partial charge in [0.15, 0.2) is 0 Å². The monoisotopic (exact) mass is 355 g/mol. The number of methoxy groups -OCH3 is 2. The first-order valence-corrected chi connectivity index (χ1v) is 7.54. The molecule has 1 N–H and O–H groups in total. The molecule has 134 valence electrons. The molecule has 0 fully saturated rings. The number of hydrogen-bond donors (Lipinski definition) is 1. The van der Waals surface area contributed by atoms with E-state index in [0.717, 1.165) is 6.08 Å². The van der Waals surface area contributed by atoms with Crippen molar-refractivity contribution < 1.29 is 29.0 Å². The van der Waals surface area contributed by atoms with Gasteiger partial charge < -0.3 is 19.5 Å². The second-order valence-corrected chi connectivity index (χ2v) is 5.08. The van der Waals surface area contributed by atoms with Gasteiger partial charge in [0.2, 0.25) is 0 Å². The number of anilines is 1. The molecule has 0 spiro atoms. The molecule has 1 aliphatic rings. The Labute approximate surface area is 150 Å². The van der Waals surface area contributed by atoms with Gasteiger partial charge >= 0.3 is 17.9 Å². The van der Waals surface area contributed by atoms with Crippen molar-refractivity contribution in [2.24, 2.45) is 0 Å². The number of carboxylic acid groups (broad SMARTS) is 1. The van der Waals surface area contributed by atoms with Crippen LogP contribution in [0, 0.1) is 0 Å². The summed E-state index contributed by atoms with van der Waals surface area (Å²) in [6.45, 7) is 0. The highest BCUT2D eigenvalue weighted by molar-refractivity contribution is 6.05. The number of carboxylic acids is 1. The van der Waals surface area contributed by atoms with Crippen molar-refractivity contribution in [3.63, 3.8) is 0 Å². The minimum atomic E-state index is -1.07. The van der Waals surface area contributed by atoms with Crippen LogP contribution in [-0.4, -0.2) is 37.2 Å². The largest absolute Gasteiger partial charge is 0.478 e. The van der Waals surface area contributed by atoms with Gasteiger partial charge in [-0.2, -0.15) is 0 Å². The molecule has 0 saturated carbocycles. The van der Waals surface area contributed by atoms with Crippen LogP contribution >= 0.6 is 0 Å². The molecule has 0 amide bonds. The quantitative estimate of drug-likeness (QED) is 0.640. The lowest BCUT2D eigenvalue weighted by molar-refractivity contribution is -0.139. The molecule has 1 aliphatic heterocycles. The first kappa shape index (κ1) is 18.7. The predicted octanol–water partition coefficient (Wildman–Crippen LogP) is 2.27. The zero-order valence-corrected chi connectivity index (χ0v) is 14.2. The Kier molecular flexibility index (Phi) is 6.10. The first-order chi connectivity index (χ1) is 12.5. The summed E-state index contributed by atoms with van der Waals surface area (Å²) in [5.74, 6) is -2.47. The fourth-order valence-electron chi connectivity index (χ4n) is 2.31. The van der Waals surface area contributed by atoms with Gasteiger partial charge in [-0.15, -0.1) is 0 Å². The van der Waals surface area contributed by atoms with E-state index in [1.807, 2.05) is 0 Å². The number of allylic oxidation sites excluding steroid dienone is 2. The van der Waals surface area contributed by atoms with Crippen molar-refractivity contribution in [1.82, 2.24) is 0 Å². The summed E-state index contributed by atoms with van der Waals surface area (Å²) in [4.78, 5) is 36.6. The van der Waals surface area contributed by atoms with E-state index in [0.29, 0.717) is 11.3 Å². The summed E-state index contributed by atoms with van der Waals surface area (Å²) in [6, 6.07) is 6.81. The van der Waals surface area contributed by atoms with Gasteiger partial charge in [-0.3, -0.25) is 0 Å². The van der Waals surface area contributed by atoms with E-state index < -0.39 is 17.9 Å². The van der Waals surface area contributed by atoms with Gasteiger partial charge in [0.25, 0.3) is 0 Å². The highest BCUT2D eigenvalue weighted by Gasteiger charge is 2.27. The number of carbonyl (C=O) groups is 3. The number of rotatable bonds is 5. The number of nitrogens with zero attached hydrogens (tertiary/aromatic N) is 1. The average Bonchev–Trinajstić information content (AvgIpc) is 2.88. The van der Waals surface area contributed by atoms with Gasteiger partial charge in [-0.1, -0.05) is 18.2 Å². The Balaban J connectivity index is 2.58. The van der Waals surface area contributed by atoms with Crippen LogP contribution in [0.25, 0.3) is 6.08 Å². The summed E-state index contributed by atoms with van der Waals surface area (Å²) in [5.41, 5.74) is 1.18. The molecule has 7 heteroatoms. The van der Waals surface area contributed by atoms with Crippen molar-refractivity contribution in [1.29, 1.82) is 0 Å². The molecule has 7 nitrogen and oxygen atoms in total. The van der Waals surface area contributed by atoms with Crippen molar-refractivity contribution in [2.45, 2.75) is 0 Å². The summed E-state index contributed by atoms with van der Waals surface area (Å²) in [5, 5.41) is 8.76. The minimum Gasteiger partial charge on any atom is -0.478 e. The van der Waals surface area contributed by atoms with Crippen LogP contribution < -0.4 is 4.90 Å². The SMILES string of the molecule is COC(=O)C1=C(C(=O)OC)N(c2cccc(C=CC(=O)O)c2)C=CC=C1. The summed E-state index contributed by atoms with van der Waals surface area (Å²) in [7, 11) is 2.44. The smallest absolute Gasteiger partial charge is 0.355 e. The molecular formula is C19H17NO6. The van der Waals surface area contributed by atoms with Gasteiger partial charge in [0.05, 0.1) is 19.8 Å². The van der Waals surface area contributed by atoms with Crippen LogP contribution in [0.5, 0.6) is 0 Å². The number of esters is 2. The molecule has 0 aromatic heterocycles. The predicted molar refractivity (Wildman–Crippen MR) is 94.9 cm³/mol. The van der Waals surface area contributed by atoms with Crippen LogP contribution in [0.1, 0.15) is 5.56 Å². The fraction of sp³-hybridized carbons (Fsp3) is 0.105. The molecule has 2 rings (SSSR count). The average molecular weight is 355 g/mol. The van der Waals surface area contributed by atoms with Crippen LogP contribution in [0.15, 0.2) is 66.0 Å². The van der Waals surface area contributed by atoms with Crippen molar-refractivity contribution in [2.75, 3.05) is 19.1 Å². The van der Waals surface area contributed by atoms with E-state index >= 15 is 0 Å². The van der Waals surface area contributed by atoms with E-state index in [1.165, 1.54) is 31.3 Å². The molecule has 0 atom stereocenters. The number of aliphatic carboxylic acids is 1. The molecule has 1 heterocycles. The summed E-state index contributed by atoms with van der Waals surface area (Å²) < 4.78 is 9.58. The number of carbonyl (C=O) groups excluding carboxylic acids is 2. The van der Waals surface area contributed by atoms with E-state index in [2.05, 4.69) is 0 Å². The third-order valence-corrected chi connectivity index (χ3v) is 3.46. The maximum atomic E-state index is 12.3. The third-order valence-electron chi connectivity index (χ3n) is 3.46. The molecule has 0 saturated heterocycles. The summed E-state index contributed by atoms with van der Waals surface area (Å²) in [6.07, 6.45) is 8.74. The molecule has 0 bridgehead atoms. The summed E-state index contributed by atoms with van der Waals surface area (Å²) >= 11 is 0. The first-order valence-electron chi connectivity index (χ1n) is 7.54. The Bertz CT molecular complexity index is 847. The number of ether oxygens (including phenoxy) is 2. The van der Waals surface area contributed by atoms with Gasteiger partial charge in [0, 0.05) is 18.0 Å². The Morgan fingerprint density at radius 3 is 2.46 bits per heavy atom. The van der Waals surface area contributed by atoms with E-state index in [9.17, 15) is 14.4 Å². The molecule has 26 heavy (non-hydrogen) atoms. The molecule has 0 radical (unpaired) electrons. The molecular weight excluding hydrogens is 338 g/mol. The minimum absolute atomic E-state index is 0.0104. The van der Waals surface area contributed by atoms with E-state index in [1.54, 1.807) is 42.6 Å². The second kappa shape index (κ2) is 8.48. The van der Waals surface area contributed by atoms with Gasteiger partial charge in [-0.25, -0.2) is 14.4 Å². The normalized spacial score (nSPS) is 13.7. The number of hydrogen-bond acceptors (Lipinski definition) is 6. The van der Waals surface area contributed by atoms with Crippen molar-refractivity contribution in [3.8, 4) is 0 Å². The molecule has 1 aromatic carbocycles. The maximum absolute atomic E-state index is 12.3. The van der Waals surface area contributed by atoms with E-state index in [4.69, 9.17) is 14.6 Å². The van der Waals surface area contributed by atoms with Crippen molar-refractivity contribution >= 4 is 29.7 Å². The van der Waals surface area contributed by atoms with Crippen LogP contribution in [0.3, 0.4) is 0 Å². The lowest BCUT2D eigenvalue weighted by atomic mass is 10.1. The van der Waals surface area contributed by atoms with Crippen LogP contribution in [0.4, 0.5) is 5.69 Å². The topological polar surface area (TPSA) is 93.1 Å². The molecule has 1 aromatic rings. The lowest BCUT2D eigenvalue weighted by Crippen LogP contribution is -2.26. The Morgan fingerprint density at radius 2 is 1.81 bits per heavy atom. The van der Waals surface area contributed by atoms with E-state index in [-0.39, 0.29) is 11.3 Å². The van der Waals surface area contributed by atoms with Crippen LogP contribution in [-0.2, 0) is 23.9 Å². The van der Waals surface area contributed by atoms with Gasteiger partial charge in [-0.05, 0) is 35.9 Å². The fourth-order valence-corrected chi connectivity index (χ4v) is 2.31. The van der Waals surface area contributed by atoms with Gasteiger partial charge in [0.1, 0.15) is 5.70 Å². The standard InChI is InChI=1S/C19H17NO6/c1-25-18(23)15-8-3-4-11-20(17(15)19(24)26-2)14-7-5-6-13(12-14)9-10-16(21)22/h3-12H,1-2H3,(H,21,22). The molecule has 0 aliphatic carbocycles. The number of benzene rings is 1. The zero-order valence-electron chi connectivity index (χ0n) is 14.2. The Hall–Kier alpha value is -3.61. The third kappa shape index (κ3) is 4.27. The van der Waals surface area contributed by atoms with Crippen LogP contribution in [0.2, 0.25) is 0 Å². The highest BCUT2D eigenvalue weighted by Crippen LogP contribution is 2.27. The lowest BCUT2D eigenvalue weighted by Gasteiger charge is -2.23. The van der Waals surface area contributed by atoms with Crippen molar-refractivity contribution in [3.05, 3.63) is 71.6 Å². The molecule has 0 unspecified atom stereocenters. The maximum Gasteiger partial charge on any atom is 0.355 e. The zero-order chi connectivity index (χ0) is 19.1. The second-order valence-electron chi connectivity index (χ2n) is 5.08.